The summed E-state index contributed by atoms with van der Waals surface area (Å²) in [6.45, 7) is 1.03. The van der Waals surface area contributed by atoms with Gasteiger partial charge in [-0.2, -0.15) is 0 Å². The summed E-state index contributed by atoms with van der Waals surface area (Å²) in [5, 5.41) is 15.9. The highest BCUT2D eigenvalue weighted by Crippen LogP contribution is 2.04. The third-order valence-corrected chi connectivity index (χ3v) is 3.91. The molecular formula is C18H25N5O6. The van der Waals surface area contributed by atoms with Crippen LogP contribution in [0.5, 0.6) is 0 Å². The van der Waals surface area contributed by atoms with Crippen LogP contribution >= 0.6 is 0 Å². The molecule has 11 nitrogen and oxygen atoms in total. The number of nitrogens with one attached hydrogen (secondary N) is 3. The first kappa shape index (κ1) is 23.6. The SMILES string of the molecule is C[C@H](NC(=O)[C@H](Cc1ccccc1)NC(=O)CN)C(=O)N[C@@H](CC(=O)O)C(N)=O. The molecule has 1 rings (SSSR count). The Morgan fingerprint density at radius 3 is 2.10 bits per heavy atom. The molecule has 3 atom stereocenters. The number of benzene rings is 1. The van der Waals surface area contributed by atoms with Crippen LogP contribution in [0.25, 0.3) is 0 Å². The first-order chi connectivity index (χ1) is 13.6. The normalized spacial score (nSPS) is 13.4. The molecule has 0 saturated heterocycles. The molecule has 0 heterocycles. The van der Waals surface area contributed by atoms with Crippen molar-refractivity contribution in [3.63, 3.8) is 0 Å². The van der Waals surface area contributed by atoms with Gasteiger partial charge in [0.05, 0.1) is 13.0 Å². The second kappa shape index (κ2) is 11.4. The lowest BCUT2D eigenvalue weighted by Crippen LogP contribution is -2.56. The molecule has 158 valence electrons. The minimum absolute atomic E-state index is 0.162. The maximum atomic E-state index is 12.6. The molecule has 0 aliphatic rings. The Labute approximate surface area is 167 Å². The predicted octanol–water partition coefficient (Wildman–Crippen LogP) is -2.38. The summed E-state index contributed by atoms with van der Waals surface area (Å²) < 4.78 is 0. The highest BCUT2D eigenvalue weighted by atomic mass is 16.4. The van der Waals surface area contributed by atoms with Crippen molar-refractivity contribution in [3.05, 3.63) is 35.9 Å². The first-order valence-electron chi connectivity index (χ1n) is 8.79. The fourth-order valence-corrected chi connectivity index (χ4v) is 2.39. The number of carbonyl (C=O) groups excluding carboxylic acids is 4. The number of amides is 4. The van der Waals surface area contributed by atoms with Gasteiger partial charge in [0.25, 0.3) is 0 Å². The topological polar surface area (TPSA) is 194 Å². The second-order valence-electron chi connectivity index (χ2n) is 6.31. The Balaban J connectivity index is 2.80. The van der Waals surface area contributed by atoms with Crippen molar-refractivity contribution in [2.45, 2.75) is 37.9 Å². The van der Waals surface area contributed by atoms with Crippen LogP contribution in [0, 0.1) is 0 Å². The molecule has 29 heavy (non-hydrogen) atoms. The molecule has 0 radical (unpaired) electrons. The van der Waals surface area contributed by atoms with E-state index in [1.807, 2.05) is 0 Å². The van der Waals surface area contributed by atoms with E-state index >= 15 is 0 Å². The Morgan fingerprint density at radius 1 is 0.966 bits per heavy atom. The average molecular weight is 407 g/mol. The van der Waals surface area contributed by atoms with Gasteiger partial charge in [-0.3, -0.25) is 24.0 Å². The molecule has 0 fully saturated rings. The van der Waals surface area contributed by atoms with Gasteiger partial charge in [-0.05, 0) is 12.5 Å². The highest BCUT2D eigenvalue weighted by molar-refractivity contribution is 5.94. The first-order valence-corrected chi connectivity index (χ1v) is 8.79. The molecule has 0 saturated carbocycles. The molecule has 1 aromatic carbocycles. The van der Waals surface area contributed by atoms with Gasteiger partial charge in [-0.1, -0.05) is 30.3 Å². The number of hydrogen-bond donors (Lipinski definition) is 6. The fraction of sp³-hybridized carbons (Fsp3) is 0.389. The number of primary amides is 1. The predicted molar refractivity (Wildman–Crippen MR) is 102 cm³/mol. The van der Waals surface area contributed by atoms with Crippen molar-refractivity contribution < 1.29 is 29.1 Å². The average Bonchev–Trinajstić information content (AvgIpc) is 2.66. The Morgan fingerprint density at radius 2 is 1.59 bits per heavy atom. The van der Waals surface area contributed by atoms with Gasteiger partial charge in [0, 0.05) is 6.42 Å². The van der Waals surface area contributed by atoms with Gasteiger partial charge >= 0.3 is 5.97 Å². The number of carboxylic acids is 1. The van der Waals surface area contributed by atoms with Gasteiger partial charge < -0.3 is 32.5 Å². The van der Waals surface area contributed by atoms with Crippen LogP contribution in [0.4, 0.5) is 0 Å². The number of hydrogen-bond acceptors (Lipinski definition) is 6. The molecule has 0 spiro atoms. The summed E-state index contributed by atoms with van der Waals surface area (Å²) in [6, 6.07) is 5.37. The third kappa shape index (κ3) is 8.39. The summed E-state index contributed by atoms with van der Waals surface area (Å²) in [7, 11) is 0. The molecule has 0 unspecified atom stereocenters. The lowest BCUT2D eigenvalue weighted by atomic mass is 10.0. The molecule has 0 bridgehead atoms. The molecule has 1 aromatic rings. The van der Waals surface area contributed by atoms with E-state index in [1.165, 1.54) is 6.92 Å². The maximum Gasteiger partial charge on any atom is 0.305 e. The Bertz CT molecular complexity index is 754. The number of carbonyl (C=O) groups is 5. The van der Waals surface area contributed by atoms with E-state index in [0.717, 1.165) is 5.56 Å². The van der Waals surface area contributed by atoms with E-state index in [9.17, 15) is 24.0 Å². The summed E-state index contributed by atoms with van der Waals surface area (Å²) in [5.41, 5.74) is 11.1. The molecule has 0 aromatic heterocycles. The van der Waals surface area contributed by atoms with Gasteiger partial charge in [0.2, 0.25) is 23.6 Å². The molecule has 0 aliphatic heterocycles. The largest absolute Gasteiger partial charge is 0.481 e. The van der Waals surface area contributed by atoms with Gasteiger partial charge in [-0.25, -0.2) is 0 Å². The van der Waals surface area contributed by atoms with Crippen molar-refractivity contribution in [2.24, 2.45) is 11.5 Å². The van der Waals surface area contributed by atoms with Crippen molar-refractivity contribution in [3.8, 4) is 0 Å². The standard InChI is InChI=1S/C18H25N5O6/c1-10(17(28)23-12(16(20)27)8-15(25)26)21-18(29)13(22-14(24)9-19)7-11-5-3-2-4-6-11/h2-6,10,12-13H,7-9,19H2,1H3,(H2,20,27)(H,21,29)(H,22,24)(H,23,28)(H,25,26)/t10-,12-,13-/m0/s1. The van der Waals surface area contributed by atoms with Crippen LogP contribution in [-0.2, 0) is 30.4 Å². The van der Waals surface area contributed by atoms with E-state index < -0.39 is 54.1 Å². The summed E-state index contributed by atoms with van der Waals surface area (Å²) in [4.78, 5) is 58.5. The quantitative estimate of drug-likeness (QED) is 0.236. The Hall–Kier alpha value is -3.47. The maximum absolute atomic E-state index is 12.6. The van der Waals surface area contributed by atoms with E-state index in [2.05, 4.69) is 16.0 Å². The molecule has 0 aliphatic carbocycles. The van der Waals surface area contributed by atoms with Crippen molar-refractivity contribution >= 4 is 29.6 Å². The zero-order chi connectivity index (χ0) is 22.0. The van der Waals surface area contributed by atoms with E-state index in [1.54, 1.807) is 30.3 Å². The third-order valence-electron chi connectivity index (χ3n) is 3.91. The van der Waals surface area contributed by atoms with Gasteiger partial charge in [-0.15, -0.1) is 0 Å². The monoisotopic (exact) mass is 407 g/mol. The number of carboxylic acid groups (broad SMARTS) is 1. The van der Waals surface area contributed by atoms with E-state index in [0.29, 0.717) is 0 Å². The van der Waals surface area contributed by atoms with E-state index in [4.69, 9.17) is 16.6 Å². The second-order valence-corrected chi connectivity index (χ2v) is 6.31. The summed E-state index contributed by atoms with van der Waals surface area (Å²) in [5.74, 6) is -4.33. The molecule has 4 amide bonds. The van der Waals surface area contributed by atoms with Crippen LogP contribution < -0.4 is 27.4 Å². The van der Waals surface area contributed by atoms with Crippen LogP contribution in [0.15, 0.2) is 30.3 Å². The zero-order valence-corrected chi connectivity index (χ0v) is 15.9. The van der Waals surface area contributed by atoms with Gasteiger partial charge in [0.15, 0.2) is 0 Å². The fourth-order valence-electron chi connectivity index (χ4n) is 2.39. The molecule has 11 heteroatoms. The summed E-state index contributed by atoms with van der Waals surface area (Å²) >= 11 is 0. The number of rotatable bonds is 11. The number of aliphatic carboxylic acids is 1. The smallest absolute Gasteiger partial charge is 0.305 e. The lowest BCUT2D eigenvalue weighted by Gasteiger charge is -2.22. The van der Waals surface area contributed by atoms with Crippen molar-refractivity contribution in [1.82, 2.24) is 16.0 Å². The van der Waals surface area contributed by atoms with Crippen LogP contribution in [0.3, 0.4) is 0 Å². The lowest BCUT2D eigenvalue weighted by molar-refractivity contribution is -0.140. The zero-order valence-electron chi connectivity index (χ0n) is 15.9. The summed E-state index contributed by atoms with van der Waals surface area (Å²) in [6.07, 6.45) is -0.527. The van der Waals surface area contributed by atoms with Crippen molar-refractivity contribution in [2.75, 3.05) is 6.54 Å². The minimum Gasteiger partial charge on any atom is -0.481 e. The highest BCUT2D eigenvalue weighted by Gasteiger charge is 2.27. The van der Waals surface area contributed by atoms with Gasteiger partial charge in [0.1, 0.15) is 18.1 Å². The Kier molecular flexibility index (Phi) is 9.26. The minimum atomic E-state index is -1.42. The van der Waals surface area contributed by atoms with Crippen LogP contribution in [-0.4, -0.2) is 59.4 Å². The van der Waals surface area contributed by atoms with E-state index in [-0.39, 0.29) is 13.0 Å². The van der Waals surface area contributed by atoms with Crippen LogP contribution in [0.1, 0.15) is 18.9 Å². The number of nitrogens with two attached hydrogens (primary N) is 2. The van der Waals surface area contributed by atoms with Crippen molar-refractivity contribution in [1.29, 1.82) is 0 Å². The molecule has 8 N–H and O–H groups in total. The van der Waals surface area contributed by atoms with Crippen LogP contribution in [0.2, 0.25) is 0 Å². The molecular weight excluding hydrogens is 382 g/mol.